The maximum Gasteiger partial charge on any atom is 0.252 e. The van der Waals surface area contributed by atoms with Crippen LogP contribution in [0.25, 0.3) is 16.3 Å². The fourth-order valence-electron chi connectivity index (χ4n) is 2.71. The molecule has 0 unspecified atom stereocenters. The molecule has 0 amide bonds. The van der Waals surface area contributed by atoms with Crippen molar-refractivity contribution in [3.63, 3.8) is 0 Å². The molecule has 1 N–H and O–H groups in total. The Morgan fingerprint density at radius 1 is 1.25 bits per heavy atom. The van der Waals surface area contributed by atoms with E-state index in [-0.39, 0.29) is 16.9 Å². The lowest BCUT2D eigenvalue weighted by Gasteiger charge is -2.16. The molecule has 4 aromatic rings. The van der Waals surface area contributed by atoms with Gasteiger partial charge in [0, 0.05) is 11.6 Å². The SMILES string of the molecule is [C-]#[N+]c1cnn(-c2cccnn2)c1N=Nc1c(C(C)(C)C)[nH]n2nc(C)nc12. The highest BCUT2D eigenvalue weighted by Crippen LogP contribution is 2.36. The van der Waals surface area contributed by atoms with Crippen LogP contribution in [0.2, 0.25) is 0 Å². The molecule has 11 heteroatoms. The van der Waals surface area contributed by atoms with Gasteiger partial charge in [-0.05, 0) is 19.1 Å². The summed E-state index contributed by atoms with van der Waals surface area (Å²) in [4.78, 5) is 7.91. The second kappa shape index (κ2) is 6.34. The first-order valence-electron chi connectivity index (χ1n) is 8.49. The van der Waals surface area contributed by atoms with Gasteiger partial charge in [-0.2, -0.15) is 14.8 Å². The summed E-state index contributed by atoms with van der Waals surface area (Å²) in [6.07, 6.45) is 2.98. The number of hydrogen-bond acceptors (Lipinski definition) is 7. The third-order valence-corrected chi connectivity index (χ3v) is 3.99. The zero-order valence-corrected chi connectivity index (χ0v) is 15.8. The molecule has 0 bridgehead atoms. The number of hydrogen-bond donors (Lipinski definition) is 1. The minimum Gasteiger partial charge on any atom is -0.277 e. The summed E-state index contributed by atoms with van der Waals surface area (Å²) < 4.78 is 3.01. The lowest BCUT2D eigenvalue weighted by Crippen LogP contribution is -2.12. The number of fused-ring (bicyclic) bond motifs is 1. The quantitative estimate of drug-likeness (QED) is 0.433. The van der Waals surface area contributed by atoms with E-state index in [1.54, 1.807) is 29.9 Å². The second-order valence-corrected chi connectivity index (χ2v) is 7.14. The lowest BCUT2D eigenvalue weighted by molar-refractivity contribution is 0.557. The monoisotopic (exact) mass is 375 g/mol. The van der Waals surface area contributed by atoms with Gasteiger partial charge in [-0.3, -0.25) is 5.10 Å². The lowest BCUT2D eigenvalue weighted by atomic mass is 9.91. The third kappa shape index (κ3) is 2.90. The van der Waals surface area contributed by atoms with Crippen molar-refractivity contribution >= 4 is 22.8 Å². The summed E-state index contributed by atoms with van der Waals surface area (Å²) in [6, 6.07) is 3.46. The smallest absolute Gasteiger partial charge is 0.252 e. The van der Waals surface area contributed by atoms with Gasteiger partial charge in [-0.1, -0.05) is 20.8 Å². The second-order valence-electron chi connectivity index (χ2n) is 7.14. The van der Waals surface area contributed by atoms with Crippen molar-refractivity contribution in [1.82, 2.24) is 39.8 Å². The number of azo groups is 1. The molecule has 0 fully saturated rings. The summed E-state index contributed by atoms with van der Waals surface area (Å²) in [5.41, 5.74) is 1.99. The predicted octanol–water partition coefficient (Wildman–Crippen LogP) is 3.61. The molecular formula is C17H17N11. The predicted molar refractivity (Wildman–Crippen MR) is 100 cm³/mol. The van der Waals surface area contributed by atoms with E-state index in [1.165, 1.54) is 10.9 Å². The van der Waals surface area contributed by atoms with Crippen LogP contribution in [0, 0.1) is 13.5 Å². The molecule has 4 aromatic heterocycles. The standard InChI is InChI=1S/C17H17N11/c1-10-21-16-13(14(17(2,3)4)26-28(16)25-10)23-24-15-11(18-5)9-20-27(15)12-7-6-8-19-22-12/h6-9,26H,1-4H3. The van der Waals surface area contributed by atoms with Gasteiger partial charge in [0.1, 0.15) is 5.82 Å². The summed E-state index contributed by atoms with van der Waals surface area (Å²) in [5.74, 6) is 1.33. The van der Waals surface area contributed by atoms with Gasteiger partial charge in [-0.25, -0.2) is 14.5 Å². The Kier molecular flexibility index (Phi) is 3.96. The van der Waals surface area contributed by atoms with Crippen LogP contribution >= 0.6 is 0 Å². The average Bonchev–Trinajstić information content (AvgIpc) is 3.32. The first-order valence-corrected chi connectivity index (χ1v) is 8.49. The average molecular weight is 375 g/mol. The molecule has 0 atom stereocenters. The van der Waals surface area contributed by atoms with Crippen molar-refractivity contribution in [2.75, 3.05) is 0 Å². The van der Waals surface area contributed by atoms with E-state index in [1.807, 2.05) is 0 Å². The van der Waals surface area contributed by atoms with E-state index in [4.69, 9.17) is 6.57 Å². The molecule has 0 spiro atoms. The van der Waals surface area contributed by atoms with Gasteiger partial charge in [0.15, 0.2) is 17.3 Å². The van der Waals surface area contributed by atoms with Gasteiger partial charge < -0.3 is 0 Å². The van der Waals surface area contributed by atoms with Crippen LogP contribution in [0.4, 0.5) is 17.2 Å². The van der Waals surface area contributed by atoms with E-state index in [2.05, 4.69) is 66.3 Å². The zero-order chi connectivity index (χ0) is 19.9. The number of aromatic nitrogens is 8. The number of H-pyrrole nitrogens is 1. The number of nitrogens with zero attached hydrogens (tertiary/aromatic N) is 10. The number of rotatable bonds is 3. The molecule has 11 nitrogen and oxygen atoms in total. The molecule has 0 saturated heterocycles. The van der Waals surface area contributed by atoms with Crippen molar-refractivity contribution in [3.8, 4) is 5.82 Å². The van der Waals surface area contributed by atoms with Crippen molar-refractivity contribution in [2.24, 2.45) is 10.2 Å². The Hall–Kier alpha value is -3.94. The van der Waals surface area contributed by atoms with Crippen LogP contribution in [0.3, 0.4) is 0 Å². The van der Waals surface area contributed by atoms with Gasteiger partial charge in [0.25, 0.3) is 5.69 Å². The first-order chi connectivity index (χ1) is 13.4. The number of nitrogens with one attached hydrogen (secondary N) is 1. The Balaban J connectivity index is 1.87. The summed E-state index contributed by atoms with van der Waals surface area (Å²) in [5, 5.41) is 28.4. The third-order valence-electron chi connectivity index (χ3n) is 3.99. The molecule has 0 aromatic carbocycles. The Morgan fingerprint density at radius 2 is 2.07 bits per heavy atom. The Bertz CT molecular complexity index is 1210. The minimum atomic E-state index is -0.238. The molecule has 140 valence electrons. The molecule has 0 aliphatic carbocycles. The first kappa shape index (κ1) is 17.5. The van der Waals surface area contributed by atoms with E-state index < -0.39 is 0 Å². The van der Waals surface area contributed by atoms with Crippen molar-refractivity contribution in [1.29, 1.82) is 0 Å². The van der Waals surface area contributed by atoms with Crippen LogP contribution in [0.5, 0.6) is 0 Å². The molecule has 4 heterocycles. The van der Waals surface area contributed by atoms with Crippen molar-refractivity contribution < 1.29 is 0 Å². The number of aryl methyl sites for hydroxylation is 1. The maximum atomic E-state index is 7.39. The van der Waals surface area contributed by atoms with Crippen LogP contribution in [0.1, 0.15) is 32.3 Å². The topological polar surface area (TPSA) is 119 Å². The fraction of sp³-hybridized carbons (Fsp3) is 0.294. The number of aromatic amines is 1. The molecule has 0 saturated carbocycles. The Morgan fingerprint density at radius 3 is 2.75 bits per heavy atom. The zero-order valence-electron chi connectivity index (χ0n) is 15.8. The van der Waals surface area contributed by atoms with Crippen molar-refractivity contribution in [3.05, 3.63) is 47.5 Å². The molecular weight excluding hydrogens is 358 g/mol. The van der Waals surface area contributed by atoms with Gasteiger partial charge in [-0.15, -0.1) is 20.4 Å². The van der Waals surface area contributed by atoms with Crippen LogP contribution < -0.4 is 0 Å². The maximum absolute atomic E-state index is 7.39. The van der Waals surface area contributed by atoms with E-state index in [9.17, 15) is 0 Å². The molecule has 0 aliphatic heterocycles. The van der Waals surface area contributed by atoms with Crippen LogP contribution in [0.15, 0.2) is 34.8 Å². The fourth-order valence-corrected chi connectivity index (χ4v) is 2.71. The summed E-state index contributed by atoms with van der Waals surface area (Å²) in [6.45, 7) is 15.4. The summed E-state index contributed by atoms with van der Waals surface area (Å²) >= 11 is 0. The largest absolute Gasteiger partial charge is 0.277 e. The molecule has 4 rings (SSSR count). The molecule has 28 heavy (non-hydrogen) atoms. The minimum absolute atomic E-state index is 0.238. The van der Waals surface area contributed by atoms with Gasteiger partial charge in [0.05, 0.1) is 18.5 Å². The van der Waals surface area contributed by atoms with Crippen LogP contribution in [-0.2, 0) is 5.41 Å². The Labute approximate surface area is 160 Å². The van der Waals surface area contributed by atoms with E-state index in [0.29, 0.717) is 23.0 Å². The van der Waals surface area contributed by atoms with E-state index >= 15 is 0 Å². The highest BCUT2D eigenvalue weighted by molar-refractivity contribution is 5.69. The van der Waals surface area contributed by atoms with E-state index in [0.717, 1.165) is 5.69 Å². The van der Waals surface area contributed by atoms with Crippen molar-refractivity contribution in [2.45, 2.75) is 33.1 Å². The van der Waals surface area contributed by atoms with Gasteiger partial charge in [0.2, 0.25) is 5.65 Å². The summed E-state index contributed by atoms with van der Waals surface area (Å²) in [7, 11) is 0. The highest BCUT2D eigenvalue weighted by Gasteiger charge is 2.25. The highest BCUT2D eigenvalue weighted by atomic mass is 15.5. The van der Waals surface area contributed by atoms with Gasteiger partial charge >= 0.3 is 0 Å². The molecule has 0 aliphatic rings. The normalized spacial score (nSPS) is 12.1. The molecule has 0 radical (unpaired) electrons. The van der Waals surface area contributed by atoms with Crippen LogP contribution in [-0.4, -0.2) is 39.8 Å².